The molecule has 81 heavy (non-hydrogen) atoms. The third kappa shape index (κ3) is 8.59. The van der Waals surface area contributed by atoms with E-state index in [1.807, 2.05) is 17.9 Å². The van der Waals surface area contributed by atoms with Crippen molar-refractivity contribution in [3.05, 3.63) is 109 Å². The van der Waals surface area contributed by atoms with Crippen molar-refractivity contribution in [3.8, 4) is 34.6 Å². The number of anilines is 3. The summed E-state index contributed by atoms with van der Waals surface area (Å²) in [5, 5.41) is 22.0. The number of halogens is 5. The molecule has 3 fully saturated rings. The number of alkyl halides is 1. The summed E-state index contributed by atoms with van der Waals surface area (Å²) in [7, 11) is 1.32. The number of amides is 2. The van der Waals surface area contributed by atoms with Gasteiger partial charge in [-0.1, -0.05) is 30.7 Å². The predicted molar refractivity (Wildman–Crippen MR) is 294 cm³/mol. The Morgan fingerprint density at radius 1 is 1.09 bits per heavy atom. The van der Waals surface area contributed by atoms with E-state index in [0.717, 1.165) is 34.8 Å². The minimum absolute atomic E-state index is 0.0262. The number of cyclic esters (lactones) is 1. The summed E-state index contributed by atoms with van der Waals surface area (Å²) in [4.78, 5) is 74.8. The number of rotatable bonds is 10. The number of hydrogen-bond donors (Lipinski definition) is 2. The van der Waals surface area contributed by atoms with Gasteiger partial charge in [-0.15, -0.1) is 11.3 Å². The van der Waals surface area contributed by atoms with Gasteiger partial charge >= 0.3 is 18.1 Å². The summed E-state index contributed by atoms with van der Waals surface area (Å²) in [5.74, 6) is -3.41. The van der Waals surface area contributed by atoms with Crippen LogP contribution < -0.4 is 25.8 Å². The Morgan fingerprint density at radius 2 is 1.89 bits per heavy atom. The Kier molecular flexibility index (Phi) is 13.2. The number of nitrogens with two attached hydrogens (primary N) is 1. The first-order valence-electron chi connectivity index (χ1n) is 26.3. The van der Waals surface area contributed by atoms with Crippen LogP contribution in [0.5, 0.6) is 6.01 Å². The minimum Gasteiger partial charge on any atom is -0.461 e. The van der Waals surface area contributed by atoms with Crippen molar-refractivity contribution in [3.63, 3.8) is 0 Å². The molecule has 4 atom stereocenters. The molecule has 4 aromatic heterocycles. The van der Waals surface area contributed by atoms with Gasteiger partial charge in [0, 0.05) is 84.6 Å². The maximum absolute atomic E-state index is 17.5. The molecule has 5 aliphatic heterocycles. The van der Waals surface area contributed by atoms with Gasteiger partial charge in [-0.05, 0) is 75.5 Å². The number of allylic oxidation sites excluding steroid dienone is 1. The van der Waals surface area contributed by atoms with Crippen LogP contribution in [0.4, 0.5) is 38.9 Å². The second-order valence-corrected chi connectivity index (χ2v) is 22.7. The highest BCUT2D eigenvalue weighted by molar-refractivity contribution is 7.23. The first-order chi connectivity index (χ1) is 38.8. The van der Waals surface area contributed by atoms with Crippen LogP contribution in [-0.2, 0) is 37.8 Å². The lowest BCUT2D eigenvalue weighted by Crippen LogP contribution is -2.54. The summed E-state index contributed by atoms with van der Waals surface area (Å²) < 4.78 is 82.1. The summed E-state index contributed by atoms with van der Waals surface area (Å²) in [6.45, 7) is 5.85. The number of aromatic nitrogens is 4. The monoisotopic (exact) mass is 1150 g/mol. The Morgan fingerprint density at radius 3 is 2.64 bits per heavy atom. The number of carbonyl (C=O) groups is 3. The largest absolute Gasteiger partial charge is 0.461 e. The van der Waals surface area contributed by atoms with Crippen LogP contribution in [0.25, 0.3) is 54.4 Å². The fourth-order valence-electron chi connectivity index (χ4n) is 12.4. The number of hydrogen-bond acceptors (Lipinski definition) is 16. The van der Waals surface area contributed by atoms with Gasteiger partial charge in [0.25, 0.3) is 11.5 Å². The molecule has 3 saturated heterocycles. The number of aliphatic hydroxyl groups is 1. The van der Waals surface area contributed by atoms with Crippen molar-refractivity contribution in [2.75, 3.05) is 68.5 Å². The van der Waals surface area contributed by atoms with E-state index >= 15 is 13.2 Å². The van der Waals surface area contributed by atoms with Crippen molar-refractivity contribution >= 4 is 89.3 Å². The van der Waals surface area contributed by atoms with Gasteiger partial charge in [-0.3, -0.25) is 19.4 Å². The molecular weight excluding hydrogens is 1100 g/mol. The second-order valence-electron chi connectivity index (χ2n) is 21.2. The van der Waals surface area contributed by atoms with Crippen molar-refractivity contribution in [1.82, 2.24) is 29.3 Å². The SMILES string of the molecule is C/C=C(/COC(=O)N(C)c1cc2cc3c(nc2cc1F)-c1cc2c(c(=O)n1C3)COC(=O)C2(O)CC)C(=O)N1CCN(c2nc(OCC34CCCN3CC(F)C4)nc3c(F)c(-c4ccc(F)c5sc(N)c(C#N)c45)c(Cl)cc23)C(C)C1. The zero-order valence-electron chi connectivity index (χ0n) is 44.2. The number of nitriles is 1. The first-order valence-corrected chi connectivity index (χ1v) is 27.5. The molecule has 2 amide bonds. The maximum atomic E-state index is 17.5. The van der Waals surface area contributed by atoms with Crippen molar-refractivity contribution in [2.45, 2.75) is 83.0 Å². The number of benzene rings is 3. The average Bonchev–Trinajstić information content (AvgIpc) is 4.21. The van der Waals surface area contributed by atoms with Crippen LogP contribution in [0.15, 0.2) is 58.9 Å². The highest BCUT2D eigenvalue weighted by Crippen LogP contribution is 2.47. The van der Waals surface area contributed by atoms with Crippen LogP contribution in [0, 0.1) is 28.8 Å². The highest BCUT2D eigenvalue weighted by atomic mass is 35.5. The number of esters is 1. The minimum atomic E-state index is -2.02. The molecule has 418 valence electrons. The van der Waals surface area contributed by atoms with Crippen LogP contribution in [0.1, 0.15) is 68.7 Å². The Hall–Kier alpha value is -7.91. The van der Waals surface area contributed by atoms with Gasteiger partial charge in [-0.25, -0.2) is 32.1 Å². The average molecular weight is 1150 g/mol. The number of nitrogen functional groups attached to an aromatic ring is 1. The molecular formula is C57H51ClF4N10O8S. The molecule has 0 spiro atoms. The topological polar surface area (TPSA) is 223 Å². The molecule has 7 aromatic rings. The number of piperazine rings is 1. The summed E-state index contributed by atoms with van der Waals surface area (Å²) in [6.07, 6.45) is 1.28. The third-order valence-corrected chi connectivity index (χ3v) is 18.0. The van der Waals surface area contributed by atoms with Crippen LogP contribution >= 0.6 is 22.9 Å². The number of thiophene rings is 1. The molecule has 0 aliphatic carbocycles. The number of pyridine rings is 2. The zero-order valence-corrected chi connectivity index (χ0v) is 45.7. The quantitative estimate of drug-likeness (QED) is 0.0743. The van der Waals surface area contributed by atoms with Crippen molar-refractivity contribution in [1.29, 1.82) is 5.26 Å². The van der Waals surface area contributed by atoms with Crippen molar-refractivity contribution in [2.24, 2.45) is 0 Å². The van der Waals surface area contributed by atoms with E-state index in [2.05, 4.69) is 14.9 Å². The van der Waals surface area contributed by atoms with Crippen LogP contribution in [-0.4, -0.2) is 123 Å². The number of ether oxygens (including phenoxy) is 3. The van der Waals surface area contributed by atoms with Gasteiger partial charge in [0.2, 0.25) is 0 Å². The Bertz CT molecular complexity index is 4040. The molecule has 3 aromatic carbocycles. The van der Waals surface area contributed by atoms with Gasteiger partial charge in [0.15, 0.2) is 11.4 Å². The Labute approximate surface area is 468 Å². The fraction of sp³-hybridized carbons (Fsp3) is 0.368. The van der Waals surface area contributed by atoms with Crippen molar-refractivity contribution < 1.29 is 51.3 Å². The first kappa shape index (κ1) is 53.7. The molecule has 0 radical (unpaired) electrons. The molecule has 12 rings (SSSR count). The molecule has 9 heterocycles. The molecule has 3 N–H and O–H groups in total. The Balaban J connectivity index is 0.774. The van der Waals surface area contributed by atoms with E-state index in [-0.39, 0.29) is 146 Å². The van der Waals surface area contributed by atoms with E-state index in [1.165, 1.54) is 35.9 Å². The predicted octanol–water partition coefficient (Wildman–Crippen LogP) is 8.64. The van der Waals surface area contributed by atoms with Crippen LogP contribution in [0.2, 0.25) is 5.02 Å². The van der Waals surface area contributed by atoms with Gasteiger partial charge in [-0.2, -0.15) is 15.2 Å². The van der Waals surface area contributed by atoms with E-state index in [1.54, 1.807) is 30.9 Å². The standard InChI is InChI=1S/C57H51ClF4N10O8S/c1-5-28(24-79-55(76)68(4)41-15-29-14-30-22-72-42(46(30)65-40(29)18-39(41)61)17-36-35(52(72)74)25-78-53(75)57(36,77)6-2)51(73)69-12-13-71(27(3)21-69)50-33-16-37(58)44(32-8-9-38(60)48-43(32)34(20-63)49(64)81-48)45(62)47(33)66-54(67-50)80-26-56-10-7-11-70(56)23-31(59)19-56/h5,8-9,14-18,27,31,77H,6-7,10-13,19,21-26,64H2,1-4H3/b28-5-. The van der Waals surface area contributed by atoms with E-state index in [4.69, 9.17) is 36.5 Å². The van der Waals surface area contributed by atoms with Gasteiger partial charge in [0.05, 0.1) is 61.1 Å². The molecule has 0 bridgehead atoms. The fourth-order valence-corrected chi connectivity index (χ4v) is 13.6. The van der Waals surface area contributed by atoms with E-state index in [9.17, 15) is 33.9 Å². The van der Waals surface area contributed by atoms with Crippen LogP contribution in [0.3, 0.4) is 0 Å². The molecule has 0 saturated carbocycles. The molecule has 4 unspecified atom stereocenters. The zero-order chi connectivity index (χ0) is 57.1. The number of fused-ring (bicyclic) bond motifs is 8. The molecule has 18 nitrogen and oxygen atoms in total. The van der Waals surface area contributed by atoms with Gasteiger partial charge < -0.3 is 39.4 Å². The van der Waals surface area contributed by atoms with E-state index < -0.39 is 70.9 Å². The summed E-state index contributed by atoms with van der Waals surface area (Å²) >= 11 is 7.84. The third-order valence-electron chi connectivity index (χ3n) is 16.6. The summed E-state index contributed by atoms with van der Waals surface area (Å²) in [5.41, 5.74) is 4.67. The van der Waals surface area contributed by atoms with E-state index in [0.29, 0.717) is 35.3 Å². The lowest BCUT2D eigenvalue weighted by atomic mass is 9.86. The smallest absolute Gasteiger partial charge is 0.414 e. The lowest BCUT2D eigenvalue weighted by molar-refractivity contribution is -0.172. The lowest BCUT2D eigenvalue weighted by Gasteiger charge is -2.41. The number of carbonyl (C=O) groups excluding carboxylic acids is 3. The summed E-state index contributed by atoms with van der Waals surface area (Å²) in [6, 6.07) is 11.2. The number of nitrogens with zero attached hydrogens (tertiary/aromatic N) is 9. The molecule has 24 heteroatoms. The highest BCUT2D eigenvalue weighted by Gasteiger charge is 2.50. The maximum Gasteiger partial charge on any atom is 0.414 e. The molecule has 5 aliphatic rings. The second kappa shape index (κ2) is 20.0. The normalized spacial score (nSPS) is 21.5. The van der Waals surface area contributed by atoms with Gasteiger partial charge in [0.1, 0.15) is 60.0 Å².